The molecule has 1 aromatic heterocycles. The third-order valence-electron chi connectivity index (χ3n) is 2.60. The normalized spacial score (nSPS) is 11.1. The van der Waals surface area contributed by atoms with Crippen molar-refractivity contribution in [2.75, 3.05) is 19.7 Å². The van der Waals surface area contributed by atoms with Crippen molar-refractivity contribution in [3.63, 3.8) is 0 Å². The van der Waals surface area contributed by atoms with Crippen molar-refractivity contribution in [3.05, 3.63) is 29.6 Å². The van der Waals surface area contributed by atoms with Gasteiger partial charge < -0.3 is 9.64 Å². The molecule has 1 amide bonds. The standard InChI is InChI=1S/C13H15F3N2O3/c1-3-18(8-11(19)21-4-2)12(20)10-6-5-9(7-17-10)13(14,15)16/h5-7H,3-4,8H2,1-2H3. The molecule has 5 nitrogen and oxygen atoms in total. The molecule has 0 aliphatic carbocycles. The molecule has 0 bridgehead atoms. The third-order valence-corrected chi connectivity index (χ3v) is 2.60. The minimum atomic E-state index is -4.51. The fourth-order valence-corrected chi connectivity index (χ4v) is 1.54. The number of halogens is 3. The van der Waals surface area contributed by atoms with Crippen LogP contribution in [0.15, 0.2) is 18.3 Å². The van der Waals surface area contributed by atoms with Gasteiger partial charge in [-0.2, -0.15) is 13.2 Å². The largest absolute Gasteiger partial charge is 0.465 e. The molecule has 116 valence electrons. The first kappa shape index (κ1) is 16.9. The van der Waals surface area contributed by atoms with Crippen molar-refractivity contribution >= 4 is 11.9 Å². The monoisotopic (exact) mass is 304 g/mol. The fourth-order valence-electron chi connectivity index (χ4n) is 1.54. The summed E-state index contributed by atoms with van der Waals surface area (Å²) in [7, 11) is 0. The molecular formula is C13H15F3N2O3. The highest BCUT2D eigenvalue weighted by Crippen LogP contribution is 2.28. The number of likely N-dealkylation sites (N-methyl/N-ethyl adjacent to an activating group) is 1. The van der Waals surface area contributed by atoms with Gasteiger partial charge in [-0.1, -0.05) is 0 Å². The number of pyridine rings is 1. The minimum absolute atomic E-state index is 0.158. The number of carbonyl (C=O) groups is 2. The molecule has 0 aromatic carbocycles. The smallest absolute Gasteiger partial charge is 0.417 e. The predicted molar refractivity (Wildman–Crippen MR) is 67.4 cm³/mol. The van der Waals surface area contributed by atoms with Gasteiger partial charge in [0.15, 0.2) is 0 Å². The Morgan fingerprint density at radius 2 is 1.95 bits per heavy atom. The van der Waals surface area contributed by atoms with E-state index >= 15 is 0 Å². The molecule has 0 aliphatic rings. The highest BCUT2D eigenvalue weighted by Gasteiger charge is 2.31. The molecule has 1 aromatic rings. The van der Waals surface area contributed by atoms with Crippen LogP contribution >= 0.6 is 0 Å². The number of alkyl halides is 3. The van der Waals surface area contributed by atoms with Gasteiger partial charge in [-0.25, -0.2) is 0 Å². The van der Waals surface area contributed by atoms with Crippen LogP contribution in [0.5, 0.6) is 0 Å². The lowest BCUT2D eigenvalue weighted by atomic mass is 10.2. The maximum atomic E-state index is 12.4. The number of nitrogens with zero attached hydrogens (tertiary/aromatic N) is 2. The Kier molecular flexibility index (Phi) is 5.69. The van der Waals surface area contributed by atoms with E-state index in [9.17, 15) is 22.8 Å². The summed E-state index contributed by atoms with van der Waals surface area (Å²) in [6.07, 6.45) is -3.92. The Labute approximate surface area is 119 Å². The van der Waals surface area contributed by atoms with Crippen LogP contribution < -0.4 is 0 Å². The van der Waals surface area contributed by atoms with Crippen LogP contribution in [0.25, 0.3) is 0 Å². The van der Waals surface area contributed by atoms with Crippen molar-refractivity contribution in [3.8, 4) is 0 Å². The number of hydrogen-bond donors (Lipinski definition) is 0. The number of ether oxygens (including phenoxy) is 1. The second-order valence-electron chi connectivity index (χ2n) is 4.05. The summed E-state index contributed by atoms with van der Waals surface area (Å²) in [5.41, 5.74) is -1.10. The van der Waals surface area contributed by atoms with Crippen molar-refractivity contribution in [2.45, 2.75) is 20.0 Å². The lowest BCUT2D eigenvalue weighted by molar-refractivity contribution is -0.143. The first-order chi connectivity index (χ1) is 9.79. The van der Waals surface area contributed by atoms with E-state index < -0.39 is 23.6 Å². The van der Waals surface area contributed by atoms with Crippen molar-refractivity contribution in [1.82, 2.24) is 9.88 Å². The van der Waals surface area contributed by atoms with Gasteiger partial charge in [0.05, 0.1) is 12.2 Å². The number of esters is 1. The van der Waals surface area contributed by atoms with E-state index in [1.807, 2.05) is 0 Å². The molecule has 1 rings (SSSR count). The molecule has 0 fully saturated rings. The van der Waals surface area contributed by atoms with Crippen LogP contribution in [0, 0.1) is 0 Å². The Morgan fingerprint density at radius 1 is 1.29 bits per heavy atom. The van der Waals surface area contributed by atoms with Crippen molar-refractivity contribution in [1.29, 1.82) is 0 Å². The number of rotatable bonds is 5. The lowest BCUT2D eigenvalue weighted by Gasteiger charge is -2.19. The first-order valence-electron chi connectivity index (χ1n) is 6.27. The Hall–Kier alpha value is -2.12. The van der Waals surface area contributed by atoms with Gasteiger partial charge in [0.2, 0.25) is 0 Å². The maximum Gasteiger partial charge on any atom is 0.417 e. The summed E-state index contributed by atoms with van der Waals surface area (Å²) < 4.78 is 41.9. The molecular weight excluding hydrogens is 289 g/mol. The molecule has 0 N–H and O–H groups in total. The fraction of sp³-hybridized carbons (Fsp3) is 0.462. The van der Waals surface area contributed by atoms with Crippen LogP contribution in [-0.2, 0) is 15.7 Å². The molecule has 21 heavy (non-hydrogen) atoms. The highest BCUT2D eigenvalue weighted by molar-refractivity contribution is 5.94. The van der Waals surface area contributed by atoms with Gasteiger partial charge >= 0.3 is 12.1 Å². The molecule has 1 heterocycles. The summed E-state index contributed by atoms with van der Waals surface area (Å²) in [6.45, 7) is 3.39. The molecule has 0 saturated heterocycles. The summed E-state index contributed by atoms with van der Waals surface area (Å²) in [6, 6.07) is 1.76. The van der Waals surface area contributed by atoms with E-state index in [-0.39, 0.29) is 25.4 Å². The van der Waals surface area contributed by atoms with Crippen LogP contribution in [-0.4, -0.2) is 41.5 Å². The minimum Gasteiger partial charge on any atom is -0.465 e. The van der Waals surface area contributed by atoms with Crippen LogP contribution in [0.1, 0.15) is 29.9 Å². The number of amides is 1. The van der Waals surface area contributed by atoms with Crippen LogP contribution in [0.2, 0.25) is 0 Å². The van der Waals surface area contributed by atoms with Gasteiger partial charge in [-0.05, 0) is 26.0 Å². The second-order valence-corrected chi connectivity index (χ2v) is 4.05. The average molecular weight is 304 g/mol. The second kappa shape index (κ2) is 7.05. The van der Waals surface area contributed by atoms with Crippen LogP contribution in [0.4, 0.5) is 13.2 Å². The van der Waals surface area contributed by atoms with E-state index in [1.165, 1.54) is 0 Å². The Bertz CT molecular complexity index is 500. The predicted octanol–water partition coefficient (Wildman–Crippen LogP) is 2.13. The average Bonchev–Trinajstić information content (AvgIpc) is 2.43. The Morgan fingerprint density at radius 3 is 2.38 bits per heavy atom. The highest BCUT2D eigenvalue weighted by atomic mass is 19.4. The van der Waals surface area contributed by atoms with E-state index in [1.54, 1.807) is 13.8 Å². The molecule has 0 atom stereocenters. The van der Waals surface area contributed by atoms with Gasteiger partial charge in [0.25, 0.3) is 5.91 Å². The zero-order chi connectivity index (χ0) is 16.0. The van der Waals surface area contributed by atoms with E-state index in [2.05, 4.69) is 4.98 Å². The SMILES string of the molecule is CCOC(=O)CN(CC)C(=O)c1ccc(C(F)(F)F)cn1. The lowest BCUT2D eigenvalue weighted by Crippen LogP contribution is -2.36. The zero-order valence-electron chi connectivity index (χ0n) is 11.6. The molecule has 0 spiro atoms. The van der Waals surface area contributed by atoms with Gasteiger partial charge in [0.1, 0.15) is 12.2 Å². The summed E-state index contributed by atoms with van der Waals surface area (Å²) in [5, 5.41) is 0. The molecule has 0 unspecified atom stereocenters. The topological polar surface area (TPSA) is 59.5 Å². The molecule has 0 aliphatic heterocycles. The first-order valence-corrected chi connectivity index (χ1v) is 6.27. The molecule has 0 saturated carbocycles. The number of carbonyl (C=O) groups excluding carboxylic acids is 2. The van der Waals surface area contributed by atoms with Gasteiger partial charge in [-0.15, -0.1) is 0 Å². The quantitative estimate of drug-likeness (QED) is 0.782. The van der Waals surface area contributed by atoms with Gasteiger partial charge in [0, 0.05) is 12.7 Å². The summed E-state index contributed by atoms with van der Waals surface area (Å²) in [4.78, 5) is 28.0. The van der Waals surface area contributed by atoms with Crippen molar-refractivity contribution in [2.24, 2.45) is 0 Å². The summed E-state index contributed by atoms with van der Waals surface area (Å²) >= 11 is 0. The van der Waals surface area contributed by atoms with E-state index in [0.717, 1.165) is 17.0 Å². The summed E-state index contributed by atoms with van der Waals surface area (Å²) in [5.74, 6) is -1.21. The maximum absolute atomic E-state index is 12.4. The number of hydrogen-bond acceptors (Lipinski definition) is 4. The Balaban J connectivity index is 2.83. The molecule has 0 radical (unpaired) electrons. The van der Waals surface area contributed by atoms with Crippen molar-refractivity contribution < 1.29 is 27.5 Å². The third kappa shape index (κ3) is 4.73. The van der Waals surface area contributed by atoms with Gasteiger partial charge in [-0.3, -0.25) is 14.6 Å². The van der Waals surface area contributed by atoms with Crippen LogP contribution in [0.3, 0.4) is 0 Å². The zero-order valence-corrected chi connectivity index (χ0v) is 11.6. The molecule has 8 heteroatoms. The van der Waals surface area contributed by atoms with E-state index in [4.69, 9.17) is 4.74 Å². The number of aromatic nitrogens is 1. The van der Waals surface area contributed by atoms with E-state index in [0.29, 0.717) is 6.20 Å².